The number of imidazole rings is 1. The van der Waals surface area contributed by atoms with Gasteiger partial charge >= 0.3 is 0 Å². The van der Waals surface area contributed by atoms with Gasteiger partial charge in [0.05, 0.1) is 24.9 Å². The average molecular weight is 326 g/mol. The van der Waals surface area contributed by atoms with E-state index in [1.54, 1.807) is 6.20 Å². The highest BCUT2D eigenvalue weighted by atomic mass is 16.5. The first-order chi connectivity index (χ1) is 11.7. The van der Waals surface area contributed by atoms with E-state index in [1.165, 1.54) is 0 Å². The second-order valence-electron chi connectivity index (χ2n) is 6.62. The van der Waals surface area contributed by atoms with Gasteiger partial charge in [-0.2, -0.15) is 0 Å². The number of hydrogen-bond acceptors (Lipinski definition) is 5. The van der Waals surface area contributed by atoms with Crippen molar-refractivity contribution >= 4 is 5.52 Å². The molecule has 1 saturated heterocycles. The van der Waals surface area contributed by atoms with Crippen molar-refractivity contribution in [3.05, 3.63) is 51.3 Å². The van der Waals surface area contributed by atoms with E-state index in [0.29, 0.717) is 24.4 Å². The molecule has 5 heterocycles. The Hall–Kier alpha value is -2.41. The SMILES string of the molecule is Cc1noc2c1Cn1c(cn3c(C4CCOCC4)ncc3c1=O)C2. The Balaban J connectivity index is 1.66. The summed E-state index contributed by atoms with van der Waals surface area (Å²) in [5.41, 5.74) is 3.47. The van der Waals surface area contributed by atoms with Crippen molar-refractivity contribution in [1.29, 1.82) is 0 Å². The fraction of sp³-hybridized carbons (Fsp3) is 0.471. The molecule has 3 aromatic heterocycles. The lowest BCUT2D eigenvalue weighted by molar-refractivity contribution is 0.0835. The first kappa shape index (κ1) is 14.0. The summed E-state index contributed by atoms with van der Waals surface area (Å²) in [6.07, 6.45) is 6.23. The Morgan fingerprint density at radius 1 is 1.29 bits per heavy atom. The van der Waals surface area contributed by atoms with Crippen LogP contribution >= 0.6 is 0 Å². The van der Waals surface area contributed by atoms with Crippen LogP contribution in [0.25, 0.3) is 5.52 Å². The summed E-state index contributed by atoms with van der Waals surface area (Å²) in [5, 5.41) is 4.04. The van der Waals surface area contributed by atoms with Crippen molar-refractivity contribution in [2.45, 2.75) is 38.6 Å². The fourth-order valence-electron chi connectivity index (χ4n) is 3.83. The normalized spacial score (nSPS) is 17.9. The summed E-state index contributed by atoms with van der Waals surface area (Å²) in [5.74, 6) is 2.17. The zero-order valence-corrected chi connectivity index (χ0v) is 13.5. The minimum Gasteiger partial charge on any atom is -0.381 e. The minimum absolute atomic E-state index is 0.00422. The molecule has 0 saturated carbocycles. The largest absolute Gasteiger partial charge is 0.381 e. The molecule has 5 rings (SSSR count). The molecule has 0 amide bonds. The molecule has 0 atom stereocenters. The Bertz CT molecular complexity index is 991. The van der Waals surface area contributed by atoms with Crippen LogP contribution in [0, 0.1) is 6.92 Å². The molecule has 0 N–H and O–H groups in total. The molecule has 2 aliphatic rings. The third kappa shape index (κ3) is 1.91. The topological polar surface area (TPSA) is 74.6 Å². The van der Waals surface area contributed by atoms with Crippen molar-refractivity contribution in [2.24, 2.45) is 0 Å². The van der Waals surface area contributed by atoms with E-state index in [1.807, 2.05) is 22.1 Å². The van der Waals surface area contributed by atoms with Gasteiger partial charge < -0.3 is 13.8 Å². The molecule has 0 unspecified atom stereocenters. The van der Waals surface area contributed by atoms with Gasteiger partial charge in [-0.1, -0.05) is 5.16 Å². The molecule has 7 nitrogen and oxygen atoms in total. The Kier molecular flexibility index (Phi) is 2.94. The van der Waals surface area contributed by atoms with Gasteiger partial charge in [0.25, 0.3) is 5.56 Å². The molecule has 0 aliphatic carbocycles. The number of rotatable bonds is 1. The standard InChI is InChI=1S/C17H18N4O3/c1-10-13-9-20-12(6-15(13)24-19-10)8-21-14(17(20)22)7-18-16(21)11-2-4-23-5-3-11/h7-8,11H,2-6,9H2,1H3. The number of aryl methyl sites for hydroxylation is 1. The predicted octanol–water partition coefficient (Wildman–Crippen LogP) is 1.64. The summed E-state index contributed by atoms with van der Waals surface area (Å²) in [6, 6.07) is 0. The van der Waals surface area contributed by atoms with Crippen LogP contribution in [0.3, 0.4) is 0 Å². The van der Waals surface area contributed by atoms with Crippen LogP contribution in [0.4, 0.5) is 0 Å². The summed E-state index contributed by atoms with van der Waals surface area (Å²) in [7, 11) is 0. The molecular formula is C17H18N4O3. The third-order valence-corrected chi connectivity index (χ3v) is 5.22. The summed E-state index contributed by atoms with van der Waals surface area (Å²) >= 11 is 0. The van der Waals surface area contributed by atoms with Gasteiger partial charge in [-0.15, -0.1) is 0 Å². The van der Waals surface area contributed by atoms with Crippen LogP contribution in [0.2, 0.25) is 0 Å². The fourth-order valence-corrected chi connectivity index (χ4v) is 3.83. The Labute approximate surface area is 137 Å². The summed E-state index contributed by atoms with van der Waals surface area (Å²) in [6.45, 7) is 3.94. The molecule has 0 radical (unpaired) electrons. The van der Waals surface area contributed by atoms with E-state index in [9.17, 15) is 4.79 Å². The zero-order valence-electron chi connectivity index (χ0n) is 13.5. The second-order valence-corrected chi connectivity index (χ2v) is 6.62. The lowest BCUT2D eigenvalue weighted by Crippen LogP contribution is -2.29. The maximum Gasteiger partial charge on any atom is 0.277 e. The van der Waals surface area contributed by atoms with Crippen molar-refractivity contribution in [3.63, 3.8) is 0 Å². The summed E-state index contributed by atoms with van der Waals surface area (Å²) < 4.78 is 14.6. The molecule has 7 heteroatoms. The summed E-state index contributed by atoms with van der Waals surface area (Å²) in [4.78, 5) is 17.5. The monoisotopic (exact) mass is 326 g/mol. The van der Waals surface area contributed by atoms with E-state index >= 15 is 0 Å². The van der Waals surface area contributed by atoms with E-state index in [-0.39, 0.29) is 5.56 Å². The molecule has 3 aromatic rings. The average Bonchev–Trinajstić information content (AvgIpc) is 3.19. The smallest absolute Gasteiger partial charge is 0.277 e. The molecule has 1 fully saturated rings. The predicted molar refractivity (Wildman–Crippen MR) is 85.4 cm³/mol. The van der Waals surface area contributed by atoms with Crippen molar-refractivity contribution in [3.8, 4) is 0 Å². The minimum atomic E-state index is 0.00422. The molecule has 0 spiro atoms. The Morgan fingerprint density at radius 3 is 2.96 bits per heavy atom. The molecule has 0 bridgehead atoms. The van der Waals surface area contributed by atoms with Crippen LogP contribution in [0.15, 0.2) is 21.7 Å². The lowest BCUT2D eigenvalue weighted by atomic mass is 9.99. The van der Waals surface area contributed by atoms with Gasteiger partial charge in [0.1, 0.15) is 17.1 Å². The lowest BCUT2D eigenvalue weighted by Gasteiger charge is -2.22. The quantitative estimate of drug-likeness (QED) is 0.531. The third-order valence-electron chi connectivity index (χ3n) is 5.22. The number of nitrogens with zero attached hydrogens (tertiary/aromatic N) is 4. The van der Waals surface area contributed by atoms with Gasteiger partial charge in [-0.25, -0.2) is 4.98 Å². The molecule has 2 aliphatic heterocycles. The highest BCUT2D eigenvalue weighted by Crippen LogP contribution is 2.28. The zero-order chi connectivity index (χ0) is 16.3. The van der Waals surface area contributed by atoms with E-state index in [4.69, 9.17) is 9.26 Å². The molecule has 0 aromatic carbocycles. The van der Waals surface area contributed by atoms with E-state index in [0.717, 1.165) is 54.6 Å². The van der Waals surface area contributed by atoms with Gasteiger partial charge in [0, 0.05) is 36.6 Å². The van der Waals surface area contributed by atoms with Crippen molar-refractivity contribution < 1.29 is 9.26 Å². The number of hydrogen-bond donors (Lipinski definition) is 0. The van der Waals surface area contributed by atoms with Crippen LogP contribution in [0.1, 0.15) is 47.3 Å². The van der Waals surface area contributed by atoms with E-state index in [2.05, 4.69) is 10.1 Å². The van der Waals surface area contributed by atoms with Crippen LogP contribution in [0.5, 0.6) is 0 Å². The Morgan fingerprint density at radius 2 is 2.12 bits per heavy atom. The highest BCUT2D eigenvalue weighted by molar-refractivity contribution is 5.46. The molecule has 24 heavy (non-hydrogen) atoms. The van der Waals surface area contributed by atoms with Gasteiger partial charge in [0.2, 0.25) is 0 Å². The molecular weight excluding hydrogens is 308 g/mol. The van der Waals surface area contributed by atoms with Gasteiger partial charge in [-0.3, -0.25) is 9.20 Å². The van der Waals surface area contributed by atoms with Crippen LogP contribution in [-0.2, 0) is 17.7 Å². The van der Waals surface area contributed by atoms with E-state index < -0.39 is 0 Å². The van der Waals surface area contributed by atoms with Crippen LogP contribution < -0.4 is 5.56 Å². The number of aromatic nitrogens is 4. The maximum absolute atomic E-state index is 12.9. The van der Waals surface area contributed by atoms with Gasteiger partial charge in [0.15, 0.2) is 0 Å². The van der Waals surface area contributed by atoms with Crippen LogP contribution in [-0.4, -0.2) is 32.3 Å². The van der Waals surface area contributed by atoms with Crippen molar-refractivity contribution in [2.75, 3.05) is 13.2 Å². The maximum atomic E-state index is 12.9. The van der Waals surface area contributed by atoms with Gasteiger partial charge in [-0.05, 0) is 19.8 Å². The second kappa shape index (κ2) is 5.04. The first-order valence-corrected chi connectivity index (χ1v) is 8.34. The first-order valence-electron chi connectivity index (χ1n) is 8.34. The van der Waals surface area contributed by atoms with Crippen molar-refractivity contribution in [1.82, 2.24) is 19.1 Å². The molecule has 124 valence electrons. The highest BCUT2D eigenvalue weighted by Gasteiger charge is 2.26. The number of ether oxygens (including phenoxy) is 1. The number of fused-ring (bicyclic) bond motifs is 3.